The highest BCUT2D eigenvalue weighted by molar-refractivity contribution is 5.72. The van der Waals surface area contributed by atoms with Crippen LogP contribution < -0.4 is 0 Å². The van der Waals surface area contributed by atoms with E-state index in [9.17, 15) is 4.79 Å². The molecule has 2 heterocycles. The normalized spacial score (nSPS) is 16.2. The molecular weight excluding hydrogens is 326 g/mol. The first kappa shape index (κ1) is 18.2. The Labute approximate surface area is 154 Å². The zero-order valence-corrected chi connectivity index (χ0v) is 15.2. The molecule has 1 aliphatic rings. The second-order valence-corrected chi connectivity index (χ2v) is 6.72. The lowest BCUT2D eigenvalue weighted by Gasteiger charge is -2.12. The van der Waals surface area contributed by atoms with E-state index < -0.39 is 5.97 Å². The maximum Gasteiger partial charge on any atom is 0.303 e. The smallest absolute Gasteiger partial charge is 0.303 e. The monoisotopic (exact) mass is 349 g/mol. The summed E-state index contributed by atoms with van der Waals surface area (Å²) < 4.78 is 5.37. The number of nitrogens with zero attached hydrogens (tertiary/aromatic N) is 1. The number of ether oxygens (including phenoxy) is 1. The minimum atomic E-state index is -0.819. The van der Waals surface area contributed by atoms with Crippen LogP contribution in [0.25, 0.3) is 11.1 Å². The molecule has 1 fully saturated rings. The van der Waals surface area contributed by atoms with Crippen molar-refractivity contribution in [1.29, 1.82) is 0 Å². The fraction of sp³-hybridized carbons (Fsp3) is 0.364. The molecule has 134 valence electrons. The average molecular weight is 349 g/mol. The largest absolute Gasteiger partial charge is 0.481 e. The van der Waals surface area contributed by atoms with Gasteiger partial charge in [-0.1, -0.05) is 24.1 Å². The van der Waals surface area contributed by atoms with Gasteiger partial charge in [-0.15, -0.1) is 0 Å². The van der Waals surface area contributed by atoms with E-state index in [1.165, 1.54) is 16.7 Å². The molecule has 1 saturated heterocycles. The van der Waals surface area contributed by atoms with Gasteiger partial charge in [0.1, 0.15) is 5.69 Å². The minimum absolute atomic E-state index is 0.0620. The Morgan fingerprint density at radius 2 is 2.08 bits per heavy atom. The molecule has 0 radical (unpaired) electrons. The van der Waals surface area contributed by atoms with Gasteiger partial charge in [0.05, 0.1) is 13.0 Å². The van der Waals surface area contributed by atoms with Gasteiger partial charge in [-0.05, 0) is 60.6 Å². The second kappa shape index (κ2) is 8.16. The summed E-state index contributed by atoms with van der Waals surface area (Å²) in [4.78, 5) is 15.5. The maximum absolute atomic E-state index is 11.0. The molecule has 1 aliphatic heterocycles. The second-order valence-electron chi connectivity index (χ2n) is 6.72. The zero-order valence-electron chi connectivity index (χ0n) is 15.2. The van der Waals surface area contributed by atoms with E-state index in [0.717, 1.165) is 24.3 Å². The van der Waals surface area contributed by atoms with Gasteiger partial charge in [0.15, 0.2) is 0 Å². The van der Waals surface area contributed by atoms with Crippen molar-refractivity contribution in [3.05, 3.63) is 52.8 Å². The van der Waals surface area contributed by atoms with E-state index in [2.05, 4.69) is 42.8 Å². The van der Waals surface area contributed by atoms with E-state index >= 15 is 0 Å². The van der Waals surface area contributed by atoms with Gasteiger partial charge < -0.3 is 9.84 Å². The Morgan fingerprint density at radius 1 is 1.31 bits per heavy atom. The molecule has 1 aromatic heterocycles. The third kappa shape index (κ3) is 4.50. The number of carbonyl (C=O) groups is 1. The molecule has 0 aliphatic carbocycles. The lowest BCUT2D eigenvalue weighted by Crippen LogP contribution is -2.02. The van der Waals surface area contributed by atoms with E-state index in [4.69, 9.17) is 9.84 Å². The van der Waals surface area contributed by atoms with E-state index in [1.54, 1.807) is 0 Å². The van der Waals surface area contributed by atoms with Crippen LogP contribution in [0.4, 0.5) is 0 Å². The zero-order chi connectivity index (χ0) is 18.5. The van der Waals surface area contributed by atoms with Gasteiger partial charge in [-0.25, -0.2) is 4.98 Å². The van der Waals surface area contributed by atoms with Crippen molar-refractivity contribution >= 4 is 5.97 Å². The van der Waals surface area contributed by atoms with E-state index in [0.29, 0.717) is 18.7 Å². The molecule has 4 heteroatoms. The predicted octanol–water partition coefficient (Wildman–Crippen LogP) is 3.77. The number of hydrogen-bond acceptors (Lipinski definition) is 3. The topological polar surface area (TPSA) is 59.4 Å². The third-order valence-corrected chi connectivity index (χ3v) is 4.58. The molecule has 0 bridgehead atoms. The Kier molecular flexibility index (Phi) is 5.70. The Balaban J connectivity index is 2.00. The van der Waals surface area contributed by atoms with Crippen molar-refractivity contribution in [2.24, 2.45) is 5.92 Å². The number of hydrogen-bond donors (Lipinski definition) is 1. The summed E-state index contributed by atoms with van der Waals surface area (Å²) in [5.41, 5.74) is 6.03. The highest BCUT2D eigenvalue weighted by Gasteiger charge is 2.13. The summed E-state index contributed by atoms with van der Waals surface area (Å²) in [5.74, 6) is 5.85. The van der Waals surface area contributed by atoms with Crippen molar-refractivity contribution in [3.8, 4) is 23.0 Å². The van der Waals surface area contributed by atoms with Crippen LogP contribution in [-0.2, 0) is 16.0 Å². The first-order valence-electron chi connectivity index (χ1n) is 8.91. The number of pyridine rings is 1. The Bertz CT molecular complexity index is 850. The summed E-state index contributed by atoms with van der Waals surface area (Å²) in [6.45, 7) is 5.61. The van der Waals surface area contributed by atoms with E-state index in [1.807, 2.05) is 18.2 Å². The Hall–Kier alpha value is -2.64. The third-order valence-electron chi connectivity index (χ3n) is 4.58. The van der Waals surface area contributed by atoms with Gasteiger partial charge in [-0.2, -0.15) is 0 Å². The van der Waals surface area contributed by atoms with Crippen molar-refractivity contribution < 1.29 is 14.6 Å². The molecule has 1 aromatic carbocycles. The maximum atomic E-state index is 11.0. The van der Waals surface area contributed by atoms with Crippen LogP contribution in [-0.4, -0.2) is 29.3 Å². The molecule has 1 atom stereocenters. The van der Waals surface area contributed by atoms with Gasteiger partial charge >= 0.3 is 5.97 Å². The number of aromatic nitrogens is 1. The molecule has 0 amide bonds. The van der Waals surface area contributed by atoms with Crippen molar-refractivity contribution in [2.45, 2.75) is 33.1 Å². The van der Waals surface area contributed by atoms with Crippen molar-refractivity contribution in [3.63, 3.8) is 0 Å². The Morgan fingerprint density at radius 3 is 2.73 bits per heavy atom. The summed E-state index contributed by atoms with van der Waals surface area (Å²) >= 11 is 0. The number of carboxylic acid groups (broad SMARTS) is 1. The van der Waals surface area contributed by atoms with Gasteiger partial charge in [0.25, 0.3) is 0 Å². The summed E-state index contributed by atoms with van der Waals surface area (Å²) in [5, 5.41) is 9.00. The van der Waals surface area contributed by atoms with Crippen LogP contribution in [0.2, 0.25) is 0 Å². The quantitative estimate of drug-likeness (QED) is 0.854. The fourth-order valence-corrected chi connectivity index (χ4v) is 3.25. The number of aryl methyl sites for hydroxylation is 3. The molecule has 4 nitrogen and oxygen atoms in total. The highest BCUT2D eigenvalue weighted by Crippen LogP contribution is 2.28. The van der Waals surface area contributed by atoms with Crippen LogP contribution in [0, 0.1) is 31.6 Å². The summed E-state index contributed by atoms with van der Waals surface area (Å²) in [7, 11) is 0. The van der Waals surface area contributed by atoms with Crippen LogP contribution in [0.3, 0.4) is 0 Å². The molecular formula is C22H23NO3. The summed E-state index contributed by atoms with van der Waals surface area (Å²) in [6.07, 6.45) is 1.41. The first-order valence-corrected chi connectivity index (χ1v) is 8.91. The number of benzene rings is 1. The number of rotatable bonds is 4. The van der Waals surface area contributed by atoms with Crippen LogP contribution in [0.5, 0.6) is 0 Å². The van der Waals surface area contributed by atoms with Crippen molar-refractivity contribution in [1.82, 2.24) is 4.98 Å². The molecule has 0 spiro atoms. The lowest BCUT2D eigenvalue weighted by atomic mass is 9.95. The average Bonchev–Trinajstić information content (AvgIpc) is 3.11. The molecule has 3 rings (SSSR count). The van der Waals surface area contributed by atoms with Gasteiger partial charge in [-0.3, -0.25) is 4.79 Å². The minimum Gasteiger partial charge on any atom is -0.481 e. The first-order chi connectivity index (χ1) is 12.5. The molecule has 26 heavy (non-hydrogen) atoms. The fourth-order valence-electron chi connectivity index (χ4n) is 3.25. The van der Waals surface area contributed by atoms with Crippen LogP contribution in [0.15, 0.2) is 30.3 Å². The standard InChI is InChI=1S/C22H23NO3/c1-15-4-3-5-16(2)22(15)18-12-19(7-6-17-10-11-26-14-17)23-20(13-18)8-9-21(24)25/h3-5,12-13,17H,8-11,14H2,1-2H3,(H,24,25). The van der Waals surface area contributed by atoms with Crippen molar-refractivity contribution in [2.75, 3.05) is 13.2 Å². The van der Waals surface area contributed by atoms with Crippen LogP contribution >= 0.6 is 0 Å². The summed E-state index contributed by atoms with van der Waals surface area (Å²) in [6, 6.07) is 10.2. The highest BCUT2D eigenvalue weighted by atomic mass is 16.5. The van der Waals surface area contributed by atoms with Gasteiger partial charge in [0, 0.05) is 24.6 Å². The molecule has 0 saturated carbocycles. The number of aliphatic carboxylic acids is 1. The van der Waals surface area contributed by atoms with Crippen LogP contribution in [0.1, 0.15) is 35.4 Å². The molecule has 1 N–H and O–H groups in total. The SMILES string of the molecule is Cc1cccc(C)c1-c1cc(C#CC2CCOC2)nc(CCC(=O)O)c1. The lowest BCUT2D eigenvalue weighted by molar-refractivity contribution is -0.136. The number of carboxylic acids is 1. The van der Waals surface area contributed by atoms with E-state index in [-0.39, 0.29) is 12.3 Å². The molecule has 2 aromatic rings. The van der Waals surface area contributed by atoms with Gasteiger partial charge in [0.2, 0.25) is 0 Å². The predicted molar refractivity (Wildman–Crippen MR) is 101 cm³/mol. The molecule has 1 unspecified atom stereocenters.